The number of hydrogen-bond acceptors (Lipinski definition) is 2. The van der Waals surface area contributed by atoms with Gasteiger partial charge in [-0.15, -0.1) is 0 Å². The van der Waals surface area contributed by atoms with Crippen LogP contribution < -0.4 is 11.1 Å². The first kappa shape index (κ1) is 15.7. The van der Waals surface area contributed by atoms with Gasteiger partial charge in [-0.3, -0.25) is 4.79 Å². The minimum absolute atomic E-state index is 0.00541. The molecule has 3 nitrogen and oxygen atoms in total. The summed E-state index contributed by atoms with van der Waals surface area (Å²) >= 11 is 0. The number of nitrogens with one attached hydrogen (secondary N) is 1. The van der Waals surface area contributed by atoms with Crippen LogP contribution in [0.5, 0.6) is 0 Å². The maximum absolute atomic E-state index is 11.9. The Kier molecular flexibility index (Phi) is 5.55. The van der Waals surface area contributed by atoms with Crippen LogP contribution in [0.1, 0.15) is 46.1 Å². The predicted molar refractivity (Wildman–Crippen MR) is 81.2 cm³/mol. The van der Waals surface area contributed by atoms with E-state index in [0.717, 1.165) is 18.5 Å². The molecule has 0 aliphatic heterocycles. The van der Waals surface area contributed by atoms with Gasteiger partial charge in [0, 0.05) is 11.6 Å². The maximum Gasteiger partial charge on any atom is 0.227 e. The molecule has 1 amide bonds. The average molecular weight is 262 g/mol. The Morgan fingerprint density at radius 1 is 1.26 bits per heavy atom. The number of amides is 1. The van der Waals surface area contributed by atoms with E-state index in [4.69, 9.17) is 5.73 Å². The summed E-state index contributed by atoms with van der Waals surface area (Å²) < 4.78 is 0. The fraction of sp³-hybridized carbons (Fsp3) is 0.562. The molecule has 1 atom stereocenters. The summed E-state index contributed by atoms with van der Waals surface area (Å²) in [5.74, 6) is 0.0720. The minimum Gasteiger partial charge on any atom is -0.330 e. The van der Waals surface area contributed by atoms with Crippen molar-refractivity contribution in [1.82, 2.24) is 0 Å². The summed E-state index contributed by atoms with van der Waals surface area (Å²) in [5, 5.41) is 2.95. The van der Waals surface area contributed by atoms with Gasteiger partial charge in [-0.05, 0) is 42.5 Å². The number of rotatable bonds is 5. The highest BCUT2D eigenvalue weighted by Crippen LogP contribution is 2.23. The van der Waals surface area contributed by atoms with Crippen molar-refractivity contribution >= 4 is 11.6 Å². The van der Waals surface area contributed by atoms with Gasteiger partial charge in [-0.25, -0.2) is 0 Å². The zero-order chi connectivity index (χ0) is 14.5. The third-order valence-electron chi connectivity index (χ3n) is 3.31. The topological polar surface area (TPSA) is 55.1 Å². The smallest absolute Gasteiger partial charge is 0.227 e. The summed E-state index contributed by atoms with van der Waals surface area (Å²) in [6, 6.07) is 8.07. The minimum atomic E-state index is 0.00541. The van der Waals surface area contributed by atoms with Gasteiger partial charge < -0.3 is 11.1 Å². The molecule has 3 heteroatoms. The van der Waals surface area contributed by atoms with Crippen molar-refractivity contribution in [2.75, 3.05) is 11.9 Å². The number of nitrogens with two attached hydrogens (primary N) is 1. The van der Waals surface area contributed by atoms with E-state index in [-0.39, 0.29) is 17.2 Å². The summed E-state index contributed by atoms with van der Waals surface area (Å²) in [7, 11) is 0. The second kappa shape index (κ2) is 6.71. The lowest BCUT2D eigenvalue weighted by Gasteiger charge is -2.19. The molecule has 1 unspecified atom stereocenters. The van der Waals surface area contributed by atoms with Crippen LogP contribution in [0.4, 0.5) is 5.69 Å². The number of anilines is 1. The molecule has 0 fully saturated rings. The molecule has 1 rings (SSSR count). The molecule has 0 aliphatic rings. The normalized spacial score (nSPS) is 13.1. The van der Waals surface area contributed by atoms with E-state index in [0.29, 0.717) is 6.54 Å². The molecule has 0 aliphatic carbocycles. The molecule has 0 radical (unpaired) electrons. The molecule has 0 saturated carbocycles. The standard InChI is InChI=1S/C16H26N2O/c1-12(6-5-11-17)15(19)18-14-9-7-13(8-10-14)16(2,3)4/h7-10,12H,5-6,11,17H2,1-4H3,(H,18,19). The Bertz CT molecular complexity index is 404. The predicted octanol–water partition coefficient (Wildman–Crippen LogP) is 3.30. The first-order valence-corrected chi connectivity index (χ1v) is 6.96. The fourth-order valence-corrected chi connectivity index (χ4v) is 1.87. The van der Waals surface area contributed by atoms with Crippen LogP contribution in [-0.4, -0.2) is 12.5 Å². The Morgan fingerprint density at radius 3 is 2.32 bits per heavy atom. The first-order chi connectivity index (χ1) is 8.84. The van der Waals surface area contributed by atoms with E-state index in [1.54, 1.807) is 0 Å². The third-order valence-corrected chi connectivity index (χ3v) is 3.31. The lowest BCUT2D eigenvalue weighted by molar-refractivity contribution is -0.119. The van der Waals surface area contributed by atoms with Crippen molar-refractivity contribution in [3.05, 3.63) is 29.8 Å². The summed E-state index contributed by atoms with van der Waals surface area (Å²) in [4.78, 5) is 11.9. The first-order valence-electron chi connectivity index (χ1n) is 6.96. The zero-order valence-electron chi connectivity index (χ0n) is 12.5. The second-order valence-electron chi connectivity index (χ2n) is 6.15. The van der Waals surface area contributed by atoms with Crippen LogP contribution in [0.15, 0.2) is 24.3 Å². The molecule has 3 N–H and O–H groups in total. The Hall–Kier alpha value is -1.35. The number of hydrogen-bond donors (Lipinski definition) is 2. The summed E-state index contributed by atoms with van der Waals surface area (Å²) in [5.41, 5.74) is 7.72. The number of carbonyl (C=O) groups is 1. The fourth-order valence-electron chi connectivity index (χ4n) is 1.87. The van der Waals surface area contributed by atoms with Crippen LogP contribution in [0, 0.1) is 5.92 Å². The van der Waals surface area contributed by atoms with Crippen molar-refractivity contribution in [1.29, 1.82) is 0 Å². The molecule has 106 valence electrons. The molecule has 1 aromatic rings. The molecule has 0 saturated heterocycles. The van der Waals surface area contributed by atoms with E-state index in [9.17, 15) is 4.79 Å². The molecule has 19 heavy (non-hydrogen) atoms. The van der Waals surface area contributed by atoms with Crippen molar-refractivity contribution < 1.29 is 4.79 Å². The van der Waals surface area contributed by atoms with Crippen LogP contribution in [0.25, 0.3) is 0 Å². The molecule has 0 heterocycles. The molecule has 0 aromatic heterocycles. The van der Waals surface area contributed by atoms with E-state index in [1.165, 1.54) is 5.56 Å². The molecule has 1 aromatic carbocycles. The average Bonchev–Trinajstić information content (AvgIpc) is 2.35. The largest absolute Gasteiger partial charge is 0.330 e. The van der Waals surface area contributed by atoms with E-state index >= 15 is 0 Å². The quantitative estimate of drug-likeness (QED) is 0.855. The summed E-state index contributed by atoms with van der Waals surface area (Å²) in [6.07, 6.45) is 1.72. The number of benzene rings is 1. The van der Waals surface area contributed by atoms with Crippen molar-refractivity contribution in [3.8, 4) is 0 Å². The zero-order valence-corrected chi connectivity index (χ0v) is 12.5. The molecule has 0 bridgehead atoms. The summed E-state index contributed by atoms with van der Waals surface area (Å²) in [6.45, 7) is 9.10. The van der Waals surface area contributed by atoms with E-state index in [2.05, 4.69) is 38.2 Å². The van der Waals surface area contributed by atoms with Gasteiger partial charge in [0.25, 0.3) is 0 Å². The van der Waals surface area contributed by atoms with E-state index in [1.807, 2.05) is 19.1 Å². The highest BCUT2D eigenvalue weighted by atomic mass is 16.1. The van der Waals surface area contributed by atoms with Crippen LogP contribution in [-0.2, 0) is 10.2 Å². The third kappa shape index (κ3) is 5.03. The highest BCUT2D eigenvalue weighted by molar-refractivity contribution is 5.92. The lowest BCUT2D eigenvalue weighted by atomic mass is 9.87. The lowest BCUT2D eigenvalue weighted by Crippen LogP contribution is -2.21. The van der Waals surface area contributed by atoms with Gasteiger partial charge in [-0.2, -0.15) is 0 Å². The molecular formula is C16H26N2O. The maximum atomic E-state index is 11.9. The van der Waals surface area contributed by atoms with Crippen molar-refractivity contribution in [2.24, 2.45) is 11.7 Å². The van der Waals surface area contributed by atoms with Gasteiger partial charge >= 0.3 is 0 Å². The van der Waals surface area contributed by atoms with Gasteiger partial charge in [-0.1, -0.05) is 39.8 Å². The SMILES string of the molecule is CC(CCCN)C(=O)Nc1ccc(C(C)(C)C)cc1. The second-order valence-corrected chi connectivity index (χ2v) is 6.15. The number of carbonyl (C=O) groups excluding carboxylic acids is 1. The van der Waals surface area contributed by atoms with Gasteiger partial charge in [0.2, 0.25) is 5.91 Å². The molecule has 0 spiro atoms. The molecular weight excluding hydrogens is 236 g/mol. The Labute approximate surface area is 116 Å². The van der Waals surface area contributed by atoms with Gasteiger partial charge in [0.1, 0.15) is 0 Å². The highest BCUT2D eigenvalue weighted by Gasteiger charge is 2.15. The monoisotopic (exact) mass is 262 g/mol. The Morgan fingerprint density at radius 2 is 1.84 bits per heavy atom. The van der Waals surface area contributed by atoms with Crippen LogP contribution >= 0.6 is 0 Å². The van der Waals surface area contributed by atoms with E-state index < -0.39 is 0 Å². The Balaban J connectivity index is 2.60. The van der Waals surface area contributed by atoms with Gasteiger partial charge in [0.15, 0.2) is 0 Å². The van der Waals surface area contributed by atoms with Crippen LogP contribution in [0.2, 0.25) is 0 Å². The van der Waals surface area contributed by atoms with Crippen molar-refractivity contribution in [2.45, 2.75) is 46.0 Å². The van der Waals surface area contributed by atoms with Crippen molar-refractivity contribution in [3.63, 3.8) is 0 Å². The van der Waals surface area contributed by atoms with Crippen LogP contribution in [0.3, 0.4) is 0 Å². The van der Waals surface area contributed by atoms with Gasteiger partial charge in [0.05, 0.1) is 0 Å².